The fraction of sp³-hybridized carbons (Fsp3) is 0.409. The summed E-state index contributed by atoms with van der Waals surface area (Å²) in [5.74, 6) is 1.41. The lowest BCUT2D eigenvalue weighted by Gasteiger charge is -2.26. The Morgan fingerprint density at radius 3 is 2.93 bits per heavy atom. The van der Waals surface area contributed by atoms with Gasteiger partial charge in [-0.1, -0.05) is 23.7 Å². The molecule has 2 heterocycles. The van der Waals surface area contributed by atoms with E-state index in [9.17, 15) is 4.79 Å². The largest absolute Gasteiger partial charge is 0.492 e. The molecule has 0 aliphatic carbocycles. The van der Waals surface area contributed by atoms with Crippen LogP contribution in [0.4, 0.5) is 0 Å². The minimum atomic E-state index is -0.517. The zero-order chi connectivity index (χ0) is 20.1. The van der Waals surface area contributed by atoms with Crippen molar-refractivity contribution >= 4 is 17.5 Å². The van der Waals surface area contributed by atoms with E-state index in [1.165, 1.54) is 0 Å². The van der Waals surface area contributed by atoms with E-state index in [2.05, 4.69) is 10.2 Å². The first kappa shape index (κ1) is 20.0. The van der Waals surface area contributed by atoms with Crippen molar-refractivity contribution in [3.8, 4) is 11.5 Å². The van der Waals surface area contributed by atoms with E-state index >= 15 is 0 Å². The highest BCUT2D eigenvalue weighted by atomic mass is 35.5. The van der Waals surface area contributed by atoms with Gasteiger partial charge in [-0.05, 0) is 41.5 Å². The number of morpholine rings is 1. The van der Waals surface area contributed by atoms with Crippen LogP contribution in [0.5, 0.6) is 11.5 Å². The molecule has 154 valence electrons. The number of halogens is 1. The van der Waals surface area contributed by atoms with Crippen LogP contribution in [0, 0.1) is 0 Å². The molecule has 1 fully saturated rings. The molecule has 0 spiro atoms. The number of ether oxygens (including phenoxy) is 3. The van der Waals surface area contributed by atoms with Gasteiger partial charge in [-0.2, -0.15) is 0 Å². The number of carbonyl (C=O) groups is 1. The normalized spacial score (nSPS) is 18.7. The van der Waals surface area contributed by atoms with Crippen molar-refractivity contribution in [2.24, 2.45) is 0 Å². The fourth-order valence-electron chi connectivity index (χ4n) is 3.53. The van der Waals surface area contributed by atoms with Crippen LogP contribution in [-0.4, -0.2) is 56.4 Å². The van der Waals surface area contributed by atoms with Gasteiger partial charge in [-0.3, -0.25) is 9.69 Å². The highest BCUT2D eigenvalue weighted by Gasteiger charge is 2.29. The lowest BCUT2D eigenvalue weighted by atomic mass is 10.1. The lowest BCUT2D eigenvalue weighted by molar-refractivity contribution is -0.127. The summed E-state index contributed by atoms with van der Waals surface area (Å²) in [5.41, 5.74) is 1.95. The van der Waals surface area contributed by atoms with Gasteiger partial charge >= 0.3 is 0 Å². The zero-order valence-corrected chi connectivity index (χ0v) is 17.0. The third kappa shape index (κ3) is 5.41. The average molecular weight is 417 g/mol. The molecule has 4 rings (SSSR count). The molecule has 1 unspecified atom stereocenters. The molecule has 1 saturated heterocycles. The third-order valence-corrected chi connectivity index (χ3v) is 5.37. The second kappa shape index (κ2) is 9.48. The Morgan fingerprint density at radius 2 is 2.07 bits per heavy atom. The number of benzene rings is 2. The molecule has 1 amide bonds. The number of fused-ring (bicyclic) bond motifs is 1. The van der Waals surface area contributed by atoms with Gasteiger partial charge in [-0.25, -0.2) is 0 Å². The molecular formula is C22H25ClN2O4. The molecule has 2 aromatic rings. The number of carbonyl (C=O) groups excluding carboxylic acids is 1. The molecule has 2 aromatic carbocycles. The van der Waals surface area contributed by atoms with Crippen LogP contribution in [0.25, 0.3) is 0 Å². The fourth-order valence-corrected chi connectivity index (χ4v) is 3.72. The van der Waals surface area contributed by atoms with Gasteiger partial charge < -0.3 is 19.5 Å². The van der Waals surface area contributed by atoms with Crippen LogP contribution in [0.1, 0.15) is 11.1 Å². The summed E-state index contributed by atoms with van der Waals surface area (Å²) in [6.45, 7) is 5.43. The first-order chi connectivity index (χ1) is 14.2. The molecule has 1 atom stereocenters. The van der Waals surface area contributed by atoms with Crippen molar-refractivity contribution in [1.82, 2.24) is 10.2 Å². The zero-order valence-electron chi connectivity index (χ0n) is 16.2. The Bertz CT molecular complexity index is 854. The summed E-state index contributed by atoms with van der Waals surface area (Å²) < 4.78 is 17.0. The third-order valence-electron chi connectivity index (χ3n) is 5.13. The number of hydrogen-bond donors (Lipinski definition) is 1. The predicted molar refractivity (Wildman–Crippen MR) is 111 cm³/mol. The van der Waals surface area contributed by atoms with Crippen molar-refractivity contribution in [1.29, 1.82) is 0 Å². The van der Waals surface area contributed by atoms with Crippen molar-refractivity contribution in [3.05, 3.63) is 58.6 Å². The number of nitrogens with one attached hydrogen (secondary N) is 1. The van der Waals surface area contributed by atoms with Crippen molar-refractivity contribution < 1.29 is 19.0 Å². The second-order valence-electron chi connectivity index (χ2n) is 7.23. The summed E-state index contributed by atoms with van der Waals surface area (Å²) in [5, 5.41) is 3.60. The number of amides is 1. The number of nitrogens with zero attached hydrogens (tertiary/aromatic N) is 1. The minimum absolute atomic E-state index is 0.129. The van der Waals surface area contributed by atoms with E-state index in [0.717, 1.165) is 55.5 Å². The molecule has 0 radical (unpaired) electrons. The first-order valence-electron chi connectivity index (χ1n) is 9.92. The van der Waals surface area contributed by atoms with Gasteiger partial charge in [-0.15, -0.1) is 0 Å². The van der Waals surface area contributed by atoms with Gasteiger partial charge in [0.15, 0.2) is 6.10 Å². The van der Waals surface area contributed by atoms with Gasteiger partial charge in [0.05, 0.1) is 13.2 Å². The SMILES string of the molecule is O=C(NCc1cccc(OCCN2CCOCC2)c1)C1Cc2cc(Cl)ccc2O1. The maximum Gasteiger partial charge on any atom is 0.261 e. The molecule has 7 heteroatoms. The minimum Gasteiger partial charge on any atom is -0.492 e. The second-order valence-corrected chi connectivity index (χ2v) is 7.67. The van der Waals surface area contributed by atoms with Crippen LogP contribution in [0.15, 0.2) is 42.5 Å². The number of hydrogen-bond acceptors (Lipinski definition) is 5. The summed E-state index contributed by atoms with van der Waals surface area (Å²) in [6, 6.07) is 13.2. The van der Waals surface area contributed by atoms with Crippen molar-refractivity contribution in [2.75, 3.05) is 39.5 Å². The highest BCUT2D eigenvalue weighted by molar-refractivity contribution is 6.30. The Morgan fingerprint density at radius 1 is 1.21 bits per heavy atom. The van der Waals surface area contributed by atoms with Gasteiger partial charge in [0.1, 0.15) is 18.1 Å². The van der Waals surface area contributed by atoms with Crippen molar-refractivity contribution in [2.45, 2.75) is 19.1 Å². The number of rotatable bonds is 7. The summed E-state index contributed by atoms with van der Waals surface area (Å²) in [7, 11) is 0. The molecule has 29 heavy (non-hydrogen) atoms. The van der Waals surface area contributed by atoms with Crippen LogP contribution in [0.2, 0.25) is 5.02 Å². The van der Waals surface area contributed by atoms with Gasteiger partial charge in [0.25, 0.3) is 5.91 Å². The van der Waals surface area contributed by atoms with Crippen molar-refractivity contribution in [3.63, 3.8) is 0 Å². The van der Waals surface area contributed by atoms with E-state index in [1.54, 1.807) is 6.07 Å². The first-order valence-corrected chi connectivity index (χ1v) is 10.3. The van der Waals surface area contributed by atoms with Gasteiger partial charge in [0.2, 0.25) is 0 Å². The molecule has 6 nitrogen and oxygen atoms in total. The maximum atomic E-state index is 12.5. The molecule has 2 aliphatic heterocycles. The Balaban J connectivity index is 1.23. The lowest BCUT2D eigenvalue weighted by Crippen LogP contribution is -2.38. The standard InChI is InChI=1S/C22H25ClN2O4/c23-18-4-5-20-17(13-18)14-21(29-20)22(26)24-15-16-2-1-3-19(12-16)28-11-8-25-6-9-27-10-7-25/h1-5,12-13,21H,6-11,14-15H2,(H,24,26). The van der Waals surface area contributed by atoms with Crippen LogP contribution in [-0.2, 0) is 22.5 Å². The van der Waals surface area contributed by atoms with Gasteiger partial charge in [0, 0.05) is 37.6 Å². The quantitative estimate of drug-likeness (QED) is 0.752. The van der Waals surface area contributed by atoms with E-state index in [1.807, 2.05) is 36.4 Å². The van der Waals surface area contributed by atoms with E-state index in [0.29, 0.717) is 24.6 Å². The van der Waals surface area contributed by atoms with Crippen LogP contribution >= 0.6 is 11.6 Å². The summed E-state index contributed by atoms with van der Waals surface area (Å²) >= 11 is 6.01. The Kier molecular flexibility index (Phi) is 6.54. The van der Waals surface area contributed by atoms with Crippen LogP contribution < -0.4 is 14.8 Å². The Hall–Kier alpha value is -2.28. The molecule has 1 N–H and O–H groups in total. The Labute approximate surface area is 175 Å². The van der Waals surface area contributed by atoms with E-state index in [-0.39, 0.29) is 5.91 Å². The smallest absolute Gasteiger partial charge is 0.261 e. The molecule has 0 bridgehead atoms. The average Bonchev–Trinajstić information content (AvgIpc) is 3.16. The topological polar surface area (TPSA) is 60.0 Å². The van der Waals surface area contributed by atoms with E-state index in [4.69, 9.17) is 25.8 Å². The highest BCUT2D eigenvalue weighted by Crippen LogP contribution is 2.31. The molecule has 2 aliphatic rings. The van der Waals surface area contributed by atoms with Crippen LogP contribution in [0.3, 0.4) is 0 Å². The maximum absolute atomic E-state index is 12.5. The predicted octanol–water partition coefficient (Wildman–Crippen LogP) is 2.67. The summed E-state index contributed by atoms with van der Waals surface area (Å²) in [4.78, 5) is 14.8. The summed E-state index contributed by atoms with van der Waals surface area (Å²) in [6.07, 6.45) is 0.0169. The molecular weight excluding hydrogens is 392 g/mol. The monoisotopic (exact) mass is 416 g/mol. The molecule has 0 aromatic heterocycles. The van der Waals surface area contributed by atoms with E-state index < -0.39 is 6.10 Å². The molecule has 0 saturated carbocycles.